The lowest BCUT2D eigenvalue weighted by molar-refractivity contribution is 0.0698. The van der Waals surface area contributed by atoms with Gasteiger partial charge in [0.15, 0.2) is 11.3 Å². The number of benzene rings is 2. The van der Waals surface area contributed by atoms with Crippen LogP contribution in [0, 0.1) is 6.92 Å². The van der Waals surface area contributed by atoms with Crippen molar-refractivity contribution in [3.05, 3.63) is 69.4 Å². The number of anilines is 2. The number of fused-ring (bicyclic) bond motifs is 1. The second-order valence-corrected chi connectivity index (χ2v) is 7.94. The summed E-state index contributed by atoms with van der Waals surface area (Å²) in [5.41, 5.74) is 3.02. The Morgan fingerprint density at radius 1 is 1.13 bits per heavy atom. The van der Waals surface area contributed by atoms with E-state index in [1.54, 1.807) is 30.3 Å². The van der Waals surface area contributed by atoms with Crippen molar-refractivity contribution in [2.75, 3.05) is 23.3 Å². The molecular weight excluding hydrogens is 380 g/mol. The Morgan fingerprint density at radius 3 is 2.60 bits per heavy atom. The van der Waals surface area contributed by atoms with Crippen LogP contribution in [0.1, 0.15) is 53.7 Å². The predicted octanol–water partition coefficient (Wildman–Crippen LogP) is 4.96. The second-order valence-electron chi connectivity index (χ2n) is 7.94. The van der Waals surface area contributed by atoms with Crippen LogP contribution in [-0.2, 0) is 0 Å². The molecule has 1 aliphatic heterocycles. The van der Waals surface area contributed by atoms with Gasteiger partial charge >= 0.3 is 5.97 Å². The van der Waals surface area contributed by atoms with E-state index >= 15 is 0 Å². The largest absolute Gasteiger partial charge is 0.478 e. The van der Waals surface area contributed by atoms with Gasteiger partial charge in [0.2, 0.25) is 0 Å². The third kappa shape index (κ3) is 3.90. The first-order valence-corrected chi connectivity index (χ1v) is 10.4. The fourth-order valence-corrected chi connectivity index (χ4v) is 4.12. The molecule has 0 saturated carbocycles. The monoisotopic (exact) mass is 406 g/mol. The number of hydrogen-bond acceptors (Lipinski definition) is 5. The van der Waals surface area contributed by atoms with E-state index < -0.39 is 5.97 Å². The number of aryl methyl sites for hydroxylation is 1. The molecule has 0 spiro atoms. The van der Waals surface area contributed by atoms with E-state index in [1.807, 2.05) is 26.0 Å². The van der Waals surface area contributed by atoms with E-state index in [-0.39, 0.29) is 17.0 Å². The molecule has 0 radical (unpaired) electrons. The van der Waals surface area contributed by atoms with E-state index in [0.29, 0.717) is 22.5 Å². The number of nitrogens with zero attached hydrogens (tertiary/aromatic N) is 1. The maximum atomic E-state index is 12.9. The summed E-state index contributed by atoms with van der Waals surface area (Å²) in [6.45, 7) is 5.66. The molecule has 1 fully saturated rings. The van der Waals surface area contributed by atoms with Gasteiger partial charge in [0.05, 0.1) is 17.0 Å². The highest BCUT2D eigenvalue weighted by atomic mass is 16.4. The summed E-state index contributed by atoms with van der Waals surface area (Å²) >= 11 is 0. The summed E-state index contributed by atoms with van der Waals surface area (Å²) in [5, 5.41) is 13.3. The van der Waals surface area contributed by atoms with Gasteiger partial charge < -0.3 is 19.7 Å². The minimum absolute atomic E-state index is 0.0556. The fourth-order valence-electron chi connectivity index (χ4n) is 4.12. The summed E-state index contributed by atoms with van der Waals surface area (Å²) in [6.07, 6.45) is 3.38. The minimum atomic E-state index is -0.988. The van der Waals surface area contributed by atoms with Crippen LogP contribution in [0.15, 0.2) is 51.7 Å². The van der Waals surface area contributed by atoms with Crippen molar-refractivity contribution in [1.82, 2.24) is 0 Å². The number of carbonyl (C=O) groups is 1. The lowest BCUT2D eigenvalue weighted by atomic mass is 10.0. The average Bonchev–Trinajstić information content (AvgIpc) is 2.74. The zero-order chi connectivity index (χ0) is 21.3. The highest BCUT2D eigenvalue weighted by Crippen LogP contribution is 2.31. The SMILES string of the molecule is Cc1cc([C@@H](C)Nc2ccccc2C(=O)O)c2oc(N3CCCCC3)cc(=O)c2c1. The van der Waals surface area contributed by atoms with Gasteiger partial charge in [0.25, 0.3) is 0 Å². The number of aromatic carboxylic acids is 1. The molecule has 1 atom stereocenters. The van der Waals surface area contributed by atoms with E-state index in [2.05, 4.69) is 10.2 Å². The van der Waals surface area contributed by atoms with Crippen molar-refractivity contribution in [1.29, 1.82) is 0 Å². The molecule has 4 rings (SSSR count). The van der Waals surface area contributed by atoms with Gasteiger partial charge in [0, 0.05) is 30.4 Å². The third-order valence-electron chi connectivity index (χ3n) is 5.65. The smallest absolute Gasteiger partial charge is 0.337 e. The molecule has 30 heavy (non-hydrogen) atoms. The van der Waals surface area contributed by atoms with E-state index in [4.69, 9.17) is 4.42 Å². The maximum absolute atomic E-state index is 12.9. The molecule has 1 saturated heterocycles. The summed E-state index contributed by atoms with van der Waals surface area (Å²) in [5.74, 6) is -0.381. The first kappa shape index (κ1) is 20.0. The Bertz CT molecular complexity index is 1150. The van der Waals surface area contributed by atoms with Gasteiger partial charge in [-0.05, 0) is 56.9 Å². The zero-order valence-corrected chi connectivity index (χ0v) is 17.3. The Hall–Kier alpha value is -3.28. The normalized spacial score (nSPS) is 15.2. The average molecular weight is 406 g/mol. The topological polar surface area (TPSA) is 82.8 Å². The van der Waals surface area contributed by atoms with Gasteiger partial charge in [-0.3, -0.25) is 4.79 Å². The van der Waals surface area contributed by atoms with Crippen molar-refractivity contribution in [3.63, 3.8) is 0 Å². The quantitative estimate of drug-likeness (QED) is 0.623. The highest BCUT2D eigenvalue weighted by Gasteiger charge is 2.20. The molecule has 0 unspecified atom stereocenters. The molecule has 2 N–H and O–H groups in total. The molecule has 0 amide bonds. The molecule has 6 heteroatoms. The number of carboxylic acid groups (broad SMARTS) is 1. The number of carboxylic acids is 1. The number of hydrogen-bond donors (Lipinski definition) is 2. The van der Waals surface area contributed by atoms with Gasteiger partial charge in [-0.25, -0.2) is 4.79 Å². The Morgan fingerprint density at radius 2 is 1.87 bits per heavy atom. The van der Waals surface area contributed by atoms with Gasteiger partial charge in [0.1, 0.15) is 5.58 Å². The first-order chi connectivity index (χ1) is 14.4. The van der Waals surface area contributed by atoms with Crippen LogP contribution in [0.4, 0.5) is 11.6 Å². The van der Waals surface area contributed by atoms with E-state index in [9.17, 15) is 14.7 Å². The maximum Gasteiger partial charge on any atom is 0.337 e. The summed E-state index contributed by atoms with van der Waals surface area (Å²) in [4.78, 5) is 26.6. The van der Waals surface area contributed by atoms with E-state index in [1.165, 1.54) is 6.42 Å². The second kappa shape index (κ2) is 8.22. The zero-order valence-electron chi connectivity index (χ0n) is 17.3. The van der Waals surface area contributed by atoms with E-state index in [0.717, 1.165) is 37.1 Å². The number of rotatable bonds is 5. The molecule has 2 heterocycles. The van der Waals surface area contributed by atoms with Gasteiger partial charge in [-0.2, -0.15) is 0 Å². The lowest BCUT2D eigenvalue weighted by Crippen LogP contribution is -2.30. The van der Waals surface area contributed by atoms with Crippen LogP contribution in [0.25, 0.3) is 11.0 Å². The Kier molecular flexibility index (Phi) is 5.48. The summed E-state index contributed by atoms with van der Waals surface area (Å²) in [7, 11) is 0. The summed E-state index contributed by atoms with van der Waals surface area (Å²) in [6, 6.07) is 12.0. The highest BCUT2D eigenvalue weighted by molar-refractivity contribution is 5.94. The van der Waals surface area contributed by atoms with Crippen LogP contribution < -0.4 is 15.6 Å². The van der Waals surface area contributed by atoms with Gasteiger partial charge in [-0.1, -0.05) is 18.2 Å². The molecule has 0 bridgehead atoms. The number of piperidine rings is 1. The van der Waals surface area contributed by atoms with Crippen molar-refractivity contribution in [3.8, 4) is 0 Å². The van der Waals surface area contributed by atoms with Crippen molar-refractivity contribution >= 4 is 28.5 Å². The van der Waals surface area contributed by atoms with Crippen molar-refractivity contribution in [2.24, 2.45) is 0 Å². The fraction of sp³-hybridized carbons (Fsp3) is 0.333. The molecule has 1 aromatic heterocycles. The molecule has 156 valence electrons. The van der Waals surface area contributed by atoms with Crippen LogP contribution >= 0.6 is 0 Å². The molecule has 6 nitrogen and oxygen atoms in total. The first-order valence-electron chi connectivity index (χ1n) is 10.4. The molecule has 3 aromatic rings. The minimum Gasteiger partial charge on any atom is -0.478 e. The van der Waals surface area contributed by atoms with Crippen molar-refractivity contribution < 1.29 is 14.3 Å². The molecule has 0 aliphatic carbocycles. The van der Waals surface area contributed by atoms with Crippen LogP contribution in [0.5, 0.6) is 0 Å². The number of nitrogens with one attached hydrogen (secondary N) is 1. The standard InChI is InChI=1S/C24H26N2O4/c1-15-12-18(16(2)25-20-9-5-4-8-17(20)24(28)29)23-19(13-15)21(27)14-22(30-23)26-10-6-3-7-11-26/h4-5,8-9,12-14,16,25H,3,6-7,10-11H2,1-2H3,(H,28,29)/t16-/m1/s1. The molecule has 1 aliphatic rings. The predicted molar refractivity (Wildman–Crippen MR) is 119 cm³/mol. The summed E-state index contributed by atoms with van der Waals surface area (Å²) < 4.78 is 6.27. The Labute approximate surface area is 175 Å². The van der Waals surface area contributed by atoms with Crippen LogP contribution in [0.2, 0.25) is 0 Å². The Balaban J connectivity index is 1.78. The molecular formula is C24H26N2O4. The van der Waals surface area contributed by atoms with Crippen LogP contribution in [0.3, 0.4) is 0 Å². The number of para-hydroxylation sites is 1. The lowest BCUT2D eigenvalue weighted by Gasteiger charge is -2.27. The van der Waals surface area contributed by atoms with Gasteiger partial charge in [-0.15, -0.1) is 0 Å². The van der Waals surface area contributed by atoms with Crippen LogP contribution in [-0.4, -0.2) is 24.2 Å². The third-order valence-corrected chi connectivity index (χ3v) is 5.65. The van der Waals surface area contributed by atoms with Crippen molar-refractivity contribution in [2.45, 2.75) is 39.2 Å². The molecule has 2 aromatic carbocycles.